The maximum atomic E-state index is 12.0. The first-order valence-corrected chi connectivity index (χ1v) is 7.08. The fraction of sp³-hybridized carbons (Fsp3) is 0.250. The van der Waals surface area contributed by atoms with Gasteiger partial charge in [-0.25, -0.2) is 17.9 Å². The number of alkyl halides is 3. The number of rotatable bonds is 5. The molecule has 0 fully saturated rings. The molecule has 0 aliphatic rings. The third-order valence-corrected chi connectivity index (χ3v) is 3.82. The van der Waals surface area contributed by atoms with Crippen LogP contribution in [0.25, 0.3) is 6.08 Å². The Kier molecular flexibility index (Phi) is 5.13. The number of nitrogens with one attached hydrogen (secondary N) is 1. The largest absolute Gasteiger partial charge is 0.478 e. The molecule has 0 aliphatic heterocycles. The van der Waals surface area contributed by atoms with Crippen molar-refractivity contribution in [3.05, 3.63) is 35.4 Å². The van der Waals surface area contributed by atoms with Crippen molar-refractivity contribution in [1.82, 2.24) is 4.72 Å². The predicted octanol–water partition coefficient (Wildman–Crippen LogP) is 1.93. The van der Waals surface area contributed by atoms with Gasteiger partial charge < -0.3 is 5.11 Å². The Morgan fingerprint density at radius 2 is 2.00 bits per heavy atom. The smallest absolute Gasteiger partial charge is 0.402 e. The normalized spacial score (nSPS) is 12.8. The molecule has 1 aromatic carbocycles. The highest BCUT2D eigenvalue weighted by molar-refractivity contribution is 7.89. The molecule has 1 aromatic rings. The molecule has 0 atom stereocenters. The number of benzene rings is 1. The summed E-state index contributed by atoms with van der Waals surface area (Å²) in [5.74, 6) is -1.17. The van der Waals surface area contributed by atoms with Crippen LogP contribution in [0, 0.1) is 6.92 Å². The van der Waals surface area contributed by atoms with Crippen LogP contribution in [0.4, 0.5) is 13.2 Å². The first kappa shape index (κ1) is 17.2. The van der Waals surface area contributed by atoms with Crippen LogP contribution in [0.2, 0.25) is 0 Å². The lowest BCUT2D eigenvalue weighted by atomic mass is 10.1. The predicted molar refractivity (Wildman–Crippen MR) is 69.1 cm³/mol. The zero-order valence-electron chi connectivity index (χ0n) is 10.8. The number of hydrogen-bond acceptors (Lipinski definition) is 3. The summed E-state index contributed by atoms with van der Waals surface area (Å²) in [7, 11) is -4.27. The number of carboxylic acids is 1. The van der Waals surface area contributed by atoms with Gasteiger partial charge in [-0.3, -0.25) is 0 Å². The van der Waals surface area contributed by atoms with Gasteiger partial charge in [-0.05, 0) is 36.3 Å². The van der Waals surface area contributed by atoms with Gasteiger partial charge in [0.15, 0.2) is 0 Å². The standard InChI is InChI=1S/C12H12F3NO4S/c1-8-6-10(4-2-9(8)3-5-11(17)18)21(19,20)16-7-12(13,14)15/h2-6,16H,7H2,1H3,(H,17,18). The Bertz CT molecular complexity index is 666. The van der Waals surface area contributed by atoms with Gasteiger partial charge in [0.1, 0.15) is 6.54 Å². The molecule has 116 valence electrons. The lowest BCUT2D eigenvalue weighted by Gasteiger charge is -2.10. The van der Waals surface area contributed by atoms with Crippen molar-refractivity contribution in [3.63, 3.8) is 0 Å². The summed E-state index contributed by atoms with van der Waals surface area (Å²) in [5, 5.41) is 8.50. The Balaban J connectivity index is 3.00. The average molecular weight is 323 g/mol. The molecule has 0 aromatic heterocycles. The molecule has 21 heavy (non-hydrogen) atoms. The van der Waals surface area contributed by atoms with Crippen LogP contribution >= 0.6 is 0 Å². The van der Waals surface area contributed by atoms with Gasteiger partial charge in [0, 0.05) is 6.08 Å². The van der Waals surface area contributed by atoms with Crippen LogP contribution in [-0.2, 0) is 14.8 Å². The van der Waals surface area contributed by atoms with E-state index in [2.05, 4.69) is 0 Å². The van der Waals surface area contributed by atoms with E-state index in [1.54, 1.807) is 0 Å². The molecule has 5 nitrogen and oxygen atoms in total. The number of aryl methyl sites for hydroxylation is 1. The molecule has 0 aliphatic carbocycles. The summed E-state index contributed by atoms with van der Waals surface area (Å²) in [6.45, 7) is -0.140. The summed E-state index contributed by atoms with van der Waals surface area (Å²) < 4.78 is 60.9. The van der Waals surface area contributed by atoms with E-state index in [9.17, 15) is 26.4 Å². The monoisotopic (exact) mass is 323 g/mol. The van der Waals surface area contributed by atoms with Gasteiger partial charge in [0.2, 0.25) is 10.0 Å². The van der Waals surface area contributed by atoms with Crippen LogP contribution in [0.1, 0.15) is 11.1 Å². The van der Waals surface area contributed by atoms with E-state index in [0.717, 1.165) is 12.1 Å². The van der Waals surface area contributed by atoms with Gasteiger partial charge in [-0.15, -0.1) is 0 Å². The zero-order valence-corrected chi connectivity index (χ0v) is 11.6. The Morgan fingerprint density at radius 3 is 2.48 bits per heavy atom. The minimum atomic E-state index is -4.65. The Morgan fingerprint density at radius 1 is 1.38 bits per heavy atom. The van der Waals surface area contributed by atoms with Crippen LogP contribution in [0.3, 0.4) is 0 Å². The van der Waals surface area contributed by atoms with Gasteiger partial charge in [0.05, 0.1) is 4.90 Å². The second-order valence-corrected chi connectivity index (χ2v) is 5.90. The van der Waals surface area contributed by atoms with E-state index in [-0.39, 0.29) is 4.90 Å². The number of aliphatic carboxylic acids is 1. The minimum Gasteiger partial charge on any atom is -0.478 e. The Hall–Kier alpha value is -1.87. The van der Waals surface area contributed by atoms with Crippen molar-refractivity contribution in [1.29, 1.82) is 0 Å². The van der Waals surface area contributed by atoms with E-state index in [1.807, 2.05) is 0 Å². The van der Waals surface area contributed by atoms with Crippen molar-refractivity contribution in [2.24, 2.45) is 0 Å². The lowest BCUT2D eigenvalue weighted by Crippen LogP contribution is -2.33. The van der Waals surface area contributed by atoms with Crippen LogP contribution in [0.5, 0.6) is 0 Å². The number of carbonyl (C=O) groups is 1. The number of hydrogen-bond donors (Lipinski definition) is 2. The fourth-order valence-corrected chi connectivity index (χ4v) is 2.52. The molecular weight excluding hydrogens is 311 g/mol. The molecule has 2 N–H and O–H groups in total. The number of sulfonamides is 1. The van der Waals surface area contributed by atoms with Gasteiger partial charge in [-0.1, -0.05) is 6.07 Å². The van der Waals surface area contributed by atoms with Crippen molar-refractivity contribution in [2.75, 3.05) is 6.54 Å². The highest BCUT2D eigenvalue weighted by Gasteiger charge is 2.30. The third kappa shape index (κ3) is 5.56. The third-order valence-electron chi connectivity index (χ3n) is 2.42. The van der Waals surface area contributed by atoms with Crippen molar-refractivity contribution < 1.29 is 31.5 Å². The molecule has 0 heterocycles. The van der Waals surface area contributed by atoms with Crippen LogP contribution in [-0.4, -0.2) is 32.2 Å². The van der Waals surface area contributed by atoms with E-state index in [1.165, 1.54) is 29.9 Å². The highest BCUT2D eigenvalue weighted by Crippen LogP contribution is 2.18. The van der Waals surface area contributed by atoms with Gasteiger partial charge in [0.25, 0.3) is 0 Å². The molecule has 0 saturated heterocycles. The summed E-state index contributed by atoms with van der Waals surface area (Å²) >= 11 is 0. The summed E-state index contributed by atoms with van der Waals surface area (Å²) in [6.07, 6.45) is -2.51. The second kappa shape index (κ2) is 6.27. The van der Waals surface area contributed by atoms with E-state index in [0.29, 0.717) is 11.1 Å². The van der Waals surface area contributed by atoms with E-state index < -0.39 is 28.7 Å². The molecule has 1 rings (SSSR count). The maximum absolute atomic E-state index is 12.0. The molecular formula is C12H12F3NO4S. The Labute approximate surface area is 119 Å². The first-order chi connectivity index (χ1) is 9.51. The van der Waals surface area contributed by atoms with Crippen molar-refractivity contribution in [3.8, 4) is 0 Å². The summed E-state index contributed by atoms with van der Waals surface area (Å²) in [4.78, 5) is 10.1. The zero-order chi connectivity index (χ0) is 16.3. The maximum Gasteiger partial charge on any atom is 0.402 e. The van der Waals surface area contributed by atoms with Crippen LogP contribution < -0.4 is 4.72 Å². The molecule has 0 spiro atoms. The lowest BCUT2D eigenvalue weighted by molar-refractivity contribution is -0.131. The number of carboxylic acid groups (broad SMARTS) is 1. The summed E-state index contributed by atoms with van der Waals surface area (Å²) in [6, 6.07) is 3.59. The van der Waals surface area contributed by atoms with Crippen molar-refractivity contribution in [2.45, 2.75) is 18.0 Å². The minimum absolute atomic E-state index is 0.322. The topological polar surface area (TPSA) is 83.5 Å². The SMILES string of the molecule is Cc1cc(S(=O)(=O)NCC(F)(F)F)ccc1C=CC(=O)O. The highest BCUT2D eigenvalue weighted by atomic mass is 32.2. The van der Waals surface area contributed by atoms with Gasteiger partial charge >= 0.3 is 12.1 Å². The quantitative estimate of drug-likeness (QED) is 0.811. The molecule has 0 bridgehead atoms. The van der Waals surface area contributed by atoms with Crippen LogP contribution in [0.15, 0.2) is 29.2 Å². The molecule has 0 amide bonds. The van der Waals surface area contributed by atoms with E-state index >= 15 is 0 Å². The number of halogens is 3. The van der Waals surface area contributed by atoms with Crippen molar-refractivity contribution >= 4 is 22.1 Å². The van der Waals surface area contributed by atoms with Gasteiger partial charge in [-0.2, -0.15) is 13.2 Å². The van der Waals surface area contributed by atoms with E-state index in [4.69, 9.17) is 5.11 Å². The summed E-state index contributed by atoms with van der Waals surface area (Å²) in [5.41, 5.74) is 0.870. The molecule has 0 saturated carbocycles. The molecule has 9 heteroatoms. The first-order valence-electron chi connectivity index (χ1n) is 5.59. The average Bonchev–Trinajstić information content (AvgIpc) is 2.34. The molecule has 0 unspecified atom stereocenters. The fourth-order valence-electron chi connectivity index (χ4n) is 1.42. The molecule has 0 radical (unpaired) electrons. The second-order valence-electron chi connectivity index (χ2n) is 4.13.